The molecule has 2 amide bonds. The molecule has 0 unspecified atom stereocenters. The summed E-state index contributed by atoms with van der Waals surface area (Å²) < 4.78 is 38.0. The number of likely N-dealkylation sites (N-methyl/N-ethyl adjacent to an activating group) is 1. The number of hydrogen-bond donors (Lipinski definition) is 1. The Morgan fingerprint density at radius 3 is 2.28 bits per heavy atom. The first-order valence-corrected chi connectivity index (χ1v) is 11.8. The summed E-state index contributed by atoms with van der Waals surface area (Å²) in [5.41, 5.74) is 1.44. The number of rotatable bonds is 11. The first-order valence-electron chi connectivity index (χ1n) is 9.99. The first-order chi connectivity index (χ1) is 15.1. The number of nitrogens with one attached hydrogen (secondary N) is 1. The lowest BCUT2D eigenvalue weighted by Gasteiger charge is -2.32. The SMILES string of the molecule is C=CCNC(=O)[C@H](Cc1ccccc1)N(Cc1ccc(F)cc1)C(=O)CN(C)S(C)(=O)=O. The Morgan fingerprint density at radius 1 is 1.09 bits per heavy atom. The summed E-state index contributed by atoms with van der Waals surface area (Å²) in [5, 5.41) is 2.72. The largest absolute Gasteiger partial charge is 0.351 e. The van der Waals surface area contributed by atoms with Gasteiger partial charge in [0.1, 0.15) is 11.9 Å². The summed E-state index contributed by atoms with van der Waals surface area (Å²) in [5.74, 6) is -1.36. The van der Waals surface area contributed by atoms with E-state index < -0.39 is 40.2 Å². The maximum absolute atomic E-state index is 13.4. The van der Waals surface area contributed by atoms with Gasteiger partial charge in [0, 0.05) is 26.6 Å². The van der Waals surface area contributed by atoms with E-state index in [-0.39, 0.29) is 19.5 Å². The van der Waals surface area contributed by atoms with Crippen LogP contribution in [0.4, 0.5) is 4.39 Å². The second kappa shape index (κ2) is 11.5. The number of nitrogens with zero attached hydrogens (tertiary/aromatic N) is 2. The van der Waals surface area contributed by atoms with Gasteiger partial charge in [0.05, 0.1) is 12.8 Å². The lowest BCUT2D eigenvalue weighted by molar-refractivity contribution is -0.141. The van der Waals surface area contributed by atoms with E-state index in [1.807, 2.05) is 30.3 Å². The van der Waals surface area contributed by atoms with Crippen LogP contribution in [0.3, 0.4) is 0 Å². The van der Waals surface area contributed by atoms with Crippen LogP contribution in [0.2, 0.25) is 0 Å². The molecule has 0 aliphatic heterocycles. The minimum Gasteiger partial charge on any atom is -0.351 e. The van der Waals surface area contributed by atoms with Crippen molar-refractivity contribution in [3.8, 4) is 0 Å². The Morgan fingerprint density at radius 2 is 1.72 bits per heavy atom. The number of sulfonamides is 1. The second-order valence-corrected chi connectivity index (χ2v) is 9.50. The minimum atomic E-state index is -3.61. The Hall–Kier alpha value is -3.04. The molecule has 2 rings (SSSR count). The van der Waals surface area contributed by atoms with Crippen molar-refractivity contribution in [2.24, 2.45) is 0 Å². The van der Waals surface area contributed by atoms with E-state index in [4.69, 9.17) is 0 Å². The molecule has 0 spiro atoms. The number of amides is 2. The van der Waals surface area contributed by atoms with Crippen LogP contribution in [-0.4, -0.2) is 61.9 Å². The Balaban J connectivity index is 2.42. The Labute approximate surface area is 188 Å². The van der Waals surface area contributed by atoms with Crippen molar-refractivity contribution in [1.29, 1.82) is 0 Å². The molecule has 0 aliphatic rings. The molecule has 0 saturated heterocycles. The highest BCUT2D eigenvalue weighted by Gasteiger charge is 2.31. The average molecular weight is 462 g/mol. The molecular weight excluding hydrogens is 433 g/mol. The van der Waals surface area contributed by atoms with Crippen LogP contribution in [0.25, 0.3) is 0 Å². The van der Waals surface area contributed by atoms with Gasteiger partial charge in [-0.15, -0.1) is 6.58 Å². The van der Waals surface area contributed by atoms with Gasteiger partial charge in [-0.05, 0) is 23.3 Å². The molecule has 2 aromatic rings. The van der Waals surface area contributed by atoms with Crippen LogP contribution in [0.5, 0.6) is 0 Å². The normalized spacial score (nSPS) is 12.2. The maximum atomic E-state index is 13.4. The van der Waals surface area contributed by atoms with Gasteiger partial charge in [-0.1, -0.05) is 48.5 Å². The van der Waals surface area contributed by atoms with Gasteiger partial charge in [-0.2, -0.15) is 4.31 Å². The molecule has 0 aliphatic carbocycles. The van der Waals surface area contributed by atoms with Crippen LogP contribution in [0, 0.1) is 5.82 Å². The zero-order valence-electron chi connectivity index (χ0n) is 18.2. The summed E-state index contributed by atoms with van der Waals surface area (Å²) in [6, 6.07) is 13.9. The molecule has 32 heavy (non-hydrogen) atoms. The molecule has 0 aromatic heterocycles. The van der Waals surface area contributed by atoms with Gasteiger partial charge in [-0.3, -0.25) is 9.59 Å². The molecule has 7 nitrogen and oxygen atoms in total. The van der Waals surface area contributed by atoms with Gasteiger partial charge >= 0.3 is 0 Å². The van der Waals surface area contributed by atoms with Crippen molar-refractivity contribution in [3.63, 3.8) is 0 Å². The molecule has 9 heteroatoms. The van der Waals surface area contributed by atoms with Gasteiger partial charge < -0.3 is 10.2 Å². The standard InChI is InChI=1S/C23H28FN3O4S/c1-4-14-25-23(29)21(15-18-8-6-5-7-9-18)27(16-19-10-12-20(24)13-11-19)22(28)17-26(2)32(3,30)31/h4-13,21H,1,14-17H2,2-3H3,(H,25,29)/t21-/m0/s1. The number of hydrogen-bond acceptors (Lipinski definition) is 4. The van der Waals surface area contributed by atoms with Crippen LogP contribution < -0.4 is 5.32 Å². The molecule has 0 saturated carbocycles. The summed E-state index contributed by atoms with van der Waals surface area (Å²) in [7, 11) is -2.31. The minimum absolute atomic E-state index is 0.00965. The zero-order valence-corrected chi connectivity index (χ0v) is 19.0. The van der Waals surface area contributed by atoms with E-state index >= 15 is 0 Å². The quantitative estimate of drug-likeness (QED) is 0.519. The molecule has 172 valence electrons. The molecule has 0 bridgehead atoms. The summed E-state index contributed by atoms with van der Waals surface area (Å²) >= 11 is 0. The number of carbonyl (C=O) groups is 2. The summed E-state index contributed by atoms with van der Waals surface area (Å²) in [4.78, 5) is 27.6. The van der Waals surface area contributed by atoms with Crippen LogP contribution >= 0.6 is 0 Å². The van der Waals surface area contributed by atoms with Crippen molar-refractivity contribution < 1.29 is 22.4 Å². The van der Waals surface area contributed by atoms with Gasteiger partial charge in [0.15, 0.2) is 0 Å². The van der Waals surface area contributed by atoms with Crippen molar-refractivity contribution in [3.05, 3.63) is 84.2 Å². The third kappa shape index (κ3) is 7.58. The molecular formula is C23H28FN3O4S. The first kappa shape index (κ1) is 25.2. The van der Waals surface area contributed by atoms with E-state index in [0.29, 0.717) is 5.56 Å². The molecule has 0 fully saturated rings. The zero-order chi connectivity index (χ0) is 23.7. The Kier molecular flexibility index (Phi) is 9.10. The van der Waals surface area contributed by atoms with E-state index in [9.17, 15) is 22.4 Å². The molecule has 1 N–H and O–H groups in total. The smallest absolute Gasteiger partial charge is 0.243 e. The fourth-order valence-corrected chi connectivity index (χ4v) is 3.37. The molecule has 0 radical (unpaired) electrons. The van der Waals surface area contributed by atoms with Crippen molar-refractivity contribution in [2.75, 3.05) is 26.4 Å². The fraction of sp³-hybridized carbons (Fsp3) is 0.304. The fourth-order valence-electron chi connectivity index (χ4n) is 3.03. The van der Waals surface area contributed by atoms with Crippen molar-refractivity contribution in [1.82, 2.24) is 14.5 Å². The van der Waals surface area contributed by atoms with Gasteiger partial charge in [-0.25, -0.2) is 12.8 Å². The topological polar surface area (TPSA) is 86.8 Å². The average Bonchev–Trinajstić information content (AvgIpc) is 2.75. The highest BCUT2D eigenvalue weighted by molar-refractivity contribution is 7.88. The molecule has 0 heterocycles. The van der Waals surface area contributed by atoms with Gasteiger partial charge in [0.25, 0.3) is 0 Å². The van der Waals surface area contributed by atoms with Crippen molar-refractivity contribution >= 4 is 21.8 Å². The van der Waals surface area contributed by atoms with Crippen molar-refractivity contribution in [2.45, 2.75) is 19.0 Å². The third-order valence-corrected chi connectivity index (χ3v) is 6.14. The lowest BCUT2D eigenvalue weighted by atomic mass is 10.0. The number of benzene rings is 2. The number of halogens is 1. The van der Waals surface area contributed by atoms with E-state index in [0.717, 1.165) is 16.1 Å². The van der Waals surface area contributed by atoms with Crippen LogP contribution in [0.15, 0.2) is 67.3 Å². The lowest BCUT2D eigenvalue weighted by Crippen LogP contribution is -2.53. The highest BCUT2D eigenvalue weighted by Crippen LogP contribution is 2.16. The van der Waals surface area contributed by atoms with Crippen LogP contribution in [-0.2, 0) is 32.6 Å². The van der Waals surface area contributed by atoms with Gasteiger partial charge in [0.2, 0.25) is 21.8 Å². The predicted octanol–water partition coefficient (Wildman–Crippen LogP) is 1.96. The third-order valence-electron chi connectivity index (χ3n) is 4.88. The monoisotopic (exact) mass is 461 g/mol. The maximum Gasteiger partial charge on any atom is 0.243 e. The van der Waals surface area contributed by atoms with E-state index in [1.54, 1.807) is 0 Å². The molecule has 1 atom stereocenters. The number of carbonyl (C=O) groups excluding carboxylic acids is 2. The molecule has 2 aromatic carbocycles. The van der Waals surface area contributed by atoms with E-state index in [1.165, 1.54) is 42.3 Å². The van der Waals surface area contributed by atoms with Crippen LogP contribution in [0.1, 0.15) is 11.1 Å². The second-order valence-electron chi connectivity index (χ2n) is 7.41. The summed E-state index contributed by atoms with van der Waals surface area (Å²) in [6.07, 6.45) is 2.75. The highest BCUT2D eigenvalue weighted by atomic mass is 32.2. The van der Waals surface area contributed by atoms with E-state index in [2.05, 4.69) is 11.9 Å². The summed E-state index contributed by atoms with van der Waals surface area (Å²) in [6.45, 7) is 3.39. The predicted molar refractivity (Wildman–Crippen MR) is 122 cm³/mol. The Bertz CT molecular complexity index is 1030.